The Hall–Kier alpha value is -1.74. The first-order chi connectivity index (χ1) is 15.7. The summed E-state index contributed by atoms with van der Waals surface area (Å²) in [5.74, 6) is 1.87. The molecule has 0 heterocycles. The van der Waals surface area contributed by atoms with Gasteiger partial charge in [0.25, 0.3) is 0 Å². The molecule has 3 heteroatoms. The smallest absolute Gasteiger partial charge is 0.123 e. The van der Waals surface area contributed by atoms with Gasteiger partial charge in [-0.25, -0.2) is 0 Å². The van der Waals surface area contributed by atoms with Gasteiger partial charge in [0.1, 0.15) is 18.0 Å². The first-order valence-corrected chi connectivity index (χ1v) is 13.2. The van der Waals surface area contributed by atoms with E-state index >= 15 is 0 Å². The van der Waals surface area contributed by atoms with Gasteiger partial charge in [-0.05, 0) is 37.1 Å². The lowest BCUT2D eigenvalue weighted by Gasteiger charge is -2.18. The summed E-state index contributed by atoms with van der Waals surface area (Å²) in [4.78, 5) is 1.42. The quantitative estimate of drug-likeness (QED) is 0.155. The predicted molar refractivity (Wildman–Crippen MR) is 139 cm³/mol. The lowest BCUT2D eigenvalue weighted by molar-refractivity contribution is -0.902. The molecule has 0 spiro atoms. The van der Waals surface area contributed by atoms with Crippen molar-refractivity contribution in [2.45, 2.75) is 97.4 Å². The zero-order chi connectivity index (χ0) is 23.3. The van der Waals surface area contributed by atoms with E-state index in [0.29, 0.717) is 0 Å². The van der Waals surface area contributed by atoms with Gasteiger partial charge in [0.2, 0.25) is 0 Å². The van der Waals surface area contributed by atoms with Gasteiger partial charge < -0.3 is 14.4 Å². The summed E-state index contributed by atoms with van der Waals surface area (Å²) in [6, 6.07) is 6.43. The van der Waals surface area contributed by atoms with E-state index in [1.807, 2.05) is 12.2 Å². The SMILES string of the molecule is C=CC[NH+](CC=C)Cc1cc(OCCCCCCCC)cc(OCCCCCCCC)c1. The minimum absolute atomic E-state index is 0.780. The fourth-order valence-corrected chi connectivity index (χ4v) is 3.97. The Morgan fingerprint density at radius 2 is 1.09 bits per heavy atom. The minimum atomic E-state index is 0.780. The normalized spacial score (nSPS) is 11.0. The van der Waals surface area contributed by atoms with Crippen molar-refractivity contribution in [2.75, 3.05) is 26.3 Å². The Morgan fingerprint density at radius 3 is 1.53 bits per heavy atom. The second kappa shape index (κ2) is 19.9. The van der Waals surface area contributed by atoms with E-state index in [-0.39, 0.29) is 0 Å². The van der Waals surface area contributed by atoms with Gasteiger partial charge in [-0.15, -0.1) is 0 Å². The highest BCUT2D eigenvalue weighted by Gasteiger charge is 2.10. The average Bonchev–Trinajstić information content (AvgIpc) is 2.78. The minimum Gasteiger partial charge on any atom is -0.493 e. The Morgan fingerprint density at radius 1 is 0.656 bits per heavy atom. The van der Waals surface area contributed by atoms with E-state index < -0.39 is 0 Å². The maximum absolute atomic E-state index is 6.14. The van der Waals surface area contributed by atoms with Crippen LogP contribution in [0.15, 0.2) is 43.5 Å². The van der Waals surface area contributed by atoms with Gasteiger partial charge >= 0.3 is 0 Å². The fourth-order valence-electron chi connectivity index (χ4n) is 3.97. The lowest BCUT2D eigenvalue weighted by Crippen LogP contribution is -3.10. The zero-order valence-electron chi connectivity index (χ0n) is 21.1. The van der Waals surface area contributed by atoms with Crippen LogP contribution in [0.3, 0.4) is 0 Å². The Kier molecular flexibility index (Phi) is 17.6. The highest BCUT2D eigenvalue weighted by Crippen LogP contribution is 2.24. The second-order valence-corrected chi connectivity index (χ2v) is 8.96. The molecule has 0 aliphatic rings. The van der Waals surface area contributed by atoms with Gasteiger partial charge in [-0.2, -0.15) is 0 Å². The van der Waals surface area contributed by atoms with Gasteiger partial charge in [-0.1, -0.05) is 91.2 Å². The zero-order valence-corrected chi connectivity index (χ0v) is 21.1. The fraction of sp³-hybridized carbons (Fsp3) is 0.655. The van der Waals surface area contributed by atoms with Gasteiger partial charge in [0.05, 0.1) is 26.3 Å². The highest BCUT2D eigenvalue weighted by molar-refractivity contribution is 5.38. The van der Waals surface area contributed by atoms with Gasteiger partial charge in [0, 0.05) is 11.6 Å². The molecule has 0 bridgehead atoms. The summed E-state index contributed by atoms with van der Waals surface area (Å²) in [6.45, 7) is 16.6. The van der Waals surface area contributed by atoms with E-state index in [2.05, 4.69) is 45.2 Å². The molecule has 32 heavy (non-hydrogen) atoms. The maximum Gasteiger partial charge on any atom is 0.123 e. The van der Waals surface area contributed by atoms with Crippen LogP contribution < -0.4 is 14.4 Å². The van der Waals surface area contributed by atoms with E-state index in [1.54, 1.807) is 0 Å². The number of unbranched alkanes of at least 4 members (excludes halogenated alkanes) is 10. The van der Waals surface area contributed by atoms with Crippen LogP contribution in [0.5, 0.6) is 11.5 Å². The van der Waals surface area contributed by atoms with Crippen LogP contribution in [0.25, 0.3) is 0 Å². The van der Waals surface area contributed by atoms with Crippen LogP contribution >= 0.6 is 0 Å². The predicted octanol–water partition coefficient (Wildman–Crippen LogP) is 6.92. The Balaban J connectivity index is 2.62. The monoisotopic (exact) mass is 444 g/mol. The molecule has 1 aromatic carbocycles. The molecule has 1 aromatic rings. The van der Waals surface area contributed by atoms with Crippen molar-refractivity contribution < 1.29 is 14.4 Å². The number of benzene rings is 1. The molecule has 3 nitrogen and oxygen atoms in total. The second-order valence-electron chi connectivity index (χ2n) is 8.96. The molecule has 0 aromatic heterocycles. The van der Waals surface area contributed by atoms with Crippen molar-refractivity contribution >= 4 is 0 Å². The van der Waals surface area contributed by atoms with Crippen molar-refractivity contribution in [1.29, 1.82) is 0 Å². The van der Waals surface area contributed by atoms with Crippen LogP contribution in [0.2, 0.25) is 0 Å². The molecule has 0 saturated heterocycles. The third-order valence-electron chi connectivity index (χ3n) is 5.79. The average molecular weight is 445 g/mol. The molecule has 0 saturated carbocycles. The molecule has 182 valence electrons. The molecule has 0 unspecified atom stereocenters. The van der Waals surface area contributed by atoms with E-state index in [4.69, 9.17) is 9.47 Å². The van der Waals surface area contributed by atoms with Gasteiger partial charge in [-0.3, -0.25) is 0 Å². The number of nitrogens with one attached hydrogen (secondary N) is 1. The Labute approximate surface area is 198 Å². The van der Waals surface area contributed by atoms with E-state index in [1.165, 1.54) is 74.7 Å². The summed E-state index contributed by atoms with van der Waals surface area (Å²) < 4.78 is 12.3. The van der Waals surface area contributed by atoms with Crippen molar-refractivity contribution in [3.8, 4) is 11.5 Å². The number of rotatable bonds is 22. The van der Waals surface area contributed by atoms with Crippen molar-refractivity contribution in [3.05, 3.63) is 49.1 Å². The summed E-state index contributed by atoms with van der Waals surface area (Å²) in [7, 11) is 0. The molecule has 0 fully saturated rings. The molecule has 0 amide bonds. The van der Waals surface area contributed by atoms with Gasteiger partial charge in [0.15, 0.2) is 0 Å². The third-order valence-corrected chi connectivity index (χ3v) is 5.79. The molecule has 1 rings (SSSR count). The summed E-state index contributed by atoms with van der Waals surface area (Å²) in [5.41, 5.74) is 1.25. The van der Waals surface area contributed by atoms with Crippen LogP contribution in [0.1, 0.15) is 96.5 Å². The number of ether oxygens (including phenoxy) is 2. The highest BCUT2D eigenvalue weighted by atomic mass is 16.5. The molecule has 0 radical (unpaired) electrons. The lowest BCUT2D eigenvalue weighted by atomic mass is 10.1. The van der Waals surface area contributed by atoms with Crippen LogP contribution in [-0.2, 0) is 6.54 Å². The number of quaternary nitrogens is 1. The first kappa shape index (κ1) is 28.3. The third kappa shape index (κ3) is 14.3. The van der Waals surface area contributed by atoms with Crippen LogP contribution in [0.4, 0.5) is 0 Å². The first-order valence-electron chi connectivity index (χ1n) is 13.2. The molecule has 0 aliphatic heterocycles. The summed E-state index contributed by atoms with van der Waals surface area (Å²) in [5, 5.41) is 0. The van der Waals surface area contributed by atoms with Crippen LogP contribution in [0, 0.1) is 0 Å². The molecule has 0 atom stereocenters. The van der Waals surface area contributed by atoms with Crippen molar-refractivity contribution in [2.24, 2.45) is 0 Å². The number of hydrogen-bond acceptors (Lipinski definition) is 2. The maximum atomic E-state index is 6.14. The van der Waals surface area contributed by atoms with Crippen molar-refractivity contribution in [1.82, 2.24) is 0 Å². The molecular weight excluding hydrogens is 394 g/mol. The summed E-state index contributed by atoms with van der Waals surface area (Å²) in [6.07, 6.45) is 19.3. The number of hydrogen-bond donors (Lipinski definition) is 1. The summed E-state index contributed by atoms with van der Waals surface area (Å²) >= 11 is 0. The standard InChI is InChI=1S/C29H49NO2/c1-5-9-11-13-15-17-21-31-28-23-27(26-30(19-7-3)20-8-4)24-29(25-28)32-22-18-16-14-12-10-6-2/h7-8,23-25H,3-6,9-22,26H2,1-2H3/p+1. The topological polar surface area (TPSA) is 22.9 Å². The van der Waals surface area contributed by atoms with E-state index in [9.17, 15) is 0 Å². The Bertz CT molecular complexity index is 553. The molecular formula is C29H50NO2+. The largest absolute Gasteiger partial charge is 0.493 e. The van der Waals surface area contributed by atoms with Crippen molar-refractivity contribution in [3.63, 3.8) is 0 Å². The molecule has 1 N–H and O–H groups in total. The van der Waals surface area contributed by atoms with Crippen LogP contribution in [-0.4, -0.2) is 26.3 Å². The van der Waals surface area contributed by atoms with E-state index in [0.717, 1.165) is 57.2 Å². The molecule has 0 aliphatic carbocycles.